The molecule has 0 unspecified atom stereocenters. The molecule has 0 fully saturated rings. The number of ether oxygens (including phenoxy) is 1. The number of thiazole rings is 1. The second-order valence-corrected chi connectivity index (χ2v) is 8.01. The van der Waals surface area contributed by atoms with Crippen molar-refractivity contribution >= 4 is 40.2 Å². The van der Waals surface area contributed by atoms with Crippen LogP contribution in [0.15, 0.2) is 41.1 Å². The summed E-state index contributed by atoms with van der Waals surface area (Å²) in [6, 6.07) is 6.65. The molecule has 0 aliphatic rings. The number of amides is 2. The quantitative estimate of drug-likeness (QED) is 0.580. The van der Waals surface area contributed by atoms with Crippen molar-refractivity contribution in [3.63, 3.8) is 0 Å². The number of hydrogen-bond donors (Lipinski definition) is 1. The summed E-state index contributed by atoms with van der Waals surface area (Å²) in [6.45, 7) is 1.50. The fourth-order valence-corrected chi connectivity index (χ4v) is 4.28. The monoisotopic (exact) mass is 455 g/mol. The summed E-state index contributed by atoms with van der Waals surface area (Å²) in [5.74, 6) is -1.22. The van der Waals surface area contributed by atoms with E-state index in [1.807, 2.05) is 16.8 Å². The fourth-order valence-electron chi connectivity index (χ4n) is 2.51. The van der Waals surface area contributed by atoms with Crippen molar-refractivity contribution < 1.29 is 27.5 Å². The lowest BCUT2D eigenvalue weighted by atomic mass is 10.3. The van der Waals surface area contributed by atoms with E-state index in [4.69, 9.17) is 0 Å². The molecule has 30 heavy (non-hydrogen) atoms. The first-order valence-electron chi connectivity index (χ1n) is 8.53. The molecule has 1 aromatic carbocycles. The molecule has 0 saturated carbocycles. The van der Waals surface area contributed by atoms with Gasteiger partial charge in [-0.25, -0.2) is 4.98 Å². The molecule has 0 saturated heterocycles. The maximum absolute atomic E-state index is 12.7. The summed E-state index contributed by atoms with van der Waals surface area (Å²) in [5.41, 5.74) is 1.80. The van der Waals surface area contributed by atoms with Crippen LogP contribution in [0.1, 0.15) is 15.4 Å². The zero-order valence-electron chi connectivity index (χ0n) is 15.8. The van der Waals surface area contributed by atoms with Crippen molar-refractivity contribution in [2.75, 3.05) is 18.9 Å². The van der Waals surface area contributed by atoms with Gasteiger partial charge < -0.3 is 15.0 Å². The normalized spacial score (nSPS) is 11.2. The van der Waals surface area contributed by atoms with Crippen LogP contribution in [0.3, 0.4) is 0 Å². The number of carbonyl (C=O) groups excluding carboxylic acids is 2. The first-order valence-corrected chi connectivity index (χ1v) is 10.3. The molecule has 3 aromatic rings. The van der Waals surface area contributed by atoms with Gasteiger partial charge in [0.05, 0.1) is 12.2 Å². The molecule has 0 atom stereocenters. The number of benzene rings is 1. The topological polar surface area (TPSA) is 71.5 Å². The molecule has 0 bridgehead atoms. The van der Waals surface area contributed by atoms with Crippen LogP contribution in [-0.2, 0) is 4.79 Å². The number of rotatable bonds is 6. The Kier molecular flexibility index (Phi) is 6.42. The van der Waals surface area contributed by atoms with Gasteiger partial charge in [0, 0.05) is 23.7 Å². The zero-order valence-corrected chi connectivity index (χ0v) is 17.5. The second-order valence-electron chi connectivity index (χ2n) is 6.23. The SMILES string of the molecule is Cc1nc(-c2ccsc2)sc1C(=O)N(C)CC(=O)Nc1ccc(OC(F)(F)F)cc1. The molecule has 0 aliphatic heterocycles. The van der Waals surface area contributed by atoms with Gasteiger partial charge in [0.1, 0.15) is 15.6 Å². The molecule has 2 amide bonds. The van der Waals surface area contributed by atoms with Crippen LogP contribution >= 0.6 is 22.7 Å². The number of aryl methyl sites for hydroxylation is 1. The molecule has 11 heteroatoms. The summed E-state index contributed by atoms with van der Waals surface area (Å²) < 4.78 is 40.3. The van der Waals surface area contributed by atoms with E-state index >= 15 is 0 Å². The largest absolute Gasteiger partial charge is 0.573 e. The average molecular weight is 455 g/mol. The number of anilines is 1. The lowest BCUT2D eigenvalue weighted by molar-refractivity contribution is -0.274. The van der Waals surface area contributed by atoms with Crippen LogP contribution in [-0.4, -0.2) is 41.7 Å². The molecule has 0 radical (unpaired) electrons. The summed E-state index contributed by atoms with van der Waals surface area (Å²) in [7, 11) is 1.49. The number of carbonyl (C=O) groups is 2. The van der Waals surface area contributed by atoms with E-state index in [0.717, 1.165) is 22.7 Å². The van der Waals surface area contributed by atoms with Gasteiger partial charge in [-0.1, -0.05) is 0 Å². The van der Waals surface area contributed by atoms with Crippen LogP contribution in [0.5, 0.6) is 5.75 Å². The van der Waals surface area contributed by atoms with Crippen molar-refractivity contribution in [3.05, 3.63) is 51.7 Å². The Morgan fingerprint density at radius 2 is 1.90 bits per heavy atom. The highest BCUT2D eigenvalue weighted by atomic mass is 32.1. The predicted molar refractivity (Wildman–Crippen MR) is 109 cm³/mol. The first kappa shape index (κ1) is 21.8. The standard InChI is InChI=1S/C19H16F3N3O3S2/c1-11-16(30-17(23-11)12-7-8-29-10-12)18(27)25(2)9-15(26)24-13-3-5-14(6-4-13)28-19(20,21)22/h3-8,10H,9H2,1-2H3,(H,24,26). The van der Waals surface area contributed by atoms with E-state index in [1.54, 1.807) is 6.92 Å². The minimum atomic E-state index is -4.79. The van der Waals surface area contributed by atoms with Crippen LogP contribution in [0.2, 0.25) is 0 Å². The van der Waals surface area contributed by atoms with Crippen molar-refractivity contribution in [2.24, 2.45) is 0 Å². The van der Waals surface area contributed by atoms with E-state index in [9.17, 15) is 22.8 Å². The van der Waals surface area contributed by atoms with E-state index in [1.165, 1.54) is 46.8 Å². The molecule has 3 rings (SSSR count). The fraction of sp³-hybridized carbons (Fsp3) is 0.211. The molecule has 1 N–H and O–H groups in total. The van der Waals surface area contributed by atoms with Crippen molar-refractivity contribution in [1.82, 2.24) is 9.88 Å². The number of alkyl halides is 3. The number of nitrogens with one attached hydrogen (secondary N) is 1. The molecular formula is C19H16F3N3O3S2. The van der Waals surface area contributed by atoms with Crippen LogP contribution in [0.25, 0.3) is 10.6 Å². The Balaban J connectivity index is 1.59. The second kappa shape index (κ2) is 8.84. The third kappa shape index (κ3) is 5.57. The average Bonchev–Trinajstić information content (AvgIpc) is 3.31. The number of halogens is 3. The van der Waals surface area contributed by atoms with Gasteiger partial charge in [0.25, 0.3) is 5.91 Å². The highest BCUT2D eigenvalue weighted by molar-refractivity contribution is 7.17. The van der Waals surface area contributed by atoms with Crippen molar-refractivity contribution in [2.45, 2.75) is 13.3 Å². The van der Waals surface area contributed by atoms with Gasteiger partial charge in [-0.3, -0.25) is 9.59 Å². The van der Waals surface area contributed by atoms with E-state index < -0.39 is 18.0 Å². The number of thiophene rings is 1. The van der Waals surface area contributed by atoms with E-state index in [2.05, 4.69) is 15.0 Å². The number of aromatic nitrogens is 1. The Labute approximate surface area is 177 Å². The van der Waals surface area contributed by atoms with Crippen LogP contribution in [0.4, 0.5) is 18.9 Å². The predicted octanol–water partition coefficient (Wildman–Crippen LogP) is 4.79. The van der Waals surface area contributed by atoms with Gasteiger partial charge in [-0.05, 0) is 42.6 Å². The maximum Gasteiger partial charge on any atom is 0.573 e. The third-order valence-electron chi connectivity index (χ3n) is 3.86. The van der Waals surface area contributed by atoms with Gasteiger partial charge in [-0.15, -0.1) is 24.5 Å². The zero-order chi connectivity index (χ0) is 21.9. The summed E-state index contributed by atoms with van der Waals surface area (Å²) >= 11 is 2.79. The summed E-state index contributed by atoms with van der Waals surface area (Å²) in [4.78, 5) is 31.1. The molecule has 6 nitrogen and oxygen atoms in total. The maximum atomic E-state index is 12.7. The Hall–Kier alpha value is -2.92. The van der Waals surface area contributed by atoms with Gasteiger partial charge >= 0.3 is 6.36 Å². The minimum absolute atomic E-state index is 0.231. The minimum Gasteiger partial charge on any atom is -0.406 e. The lowest BCUT2D eigenvalue weighted by Gasteiger charge is -2.16. The van der Waals surface area contributed by atoms with Gasteiger partial charge in [0.2, 0.25) is 5.91 Å². The van der Waals surface area contributed by atoms with Crippen LogP contribution in [0, 0.1) is 6.92 Å². The van der Waals surface area contributed by atoms with Gasteiger partial charge in [-0.2, -0.15) is 11.3 Å². The number of hydrogen-bond acceptors (Lipinski definition) is 6. The van der Waals surface area contributed by atoms with E-state index in [0.29, 0.717) is 10.6 Å². The Morgan fingerprint density at radius 3 is 2.50 bits per heavy atom. The van der Waals surface area contributed by atoms with Crippen molar-refractivity contribution in [3.8, 4) is 16.3 Å². The summed E-state index contributed by atoms with van der Waals surface area (Å²) in [6.07, 6.45) is -4.79. The van der Waals surface area contributed by atoms with Gasteiger partial charge in [0.15, 0.2) is 0 Å². The lowest BCUT2D eigenvalue weighted by Crippen LogP contribution is -2.34. The van der Waals surface area contributed by atoms with Crippen LogP contribution < -0.4 is 10.1 Å². The molecule has 0 spiro atoms. The molecular weight excluding hydrogens is 439 g/mol. The third-order valence-corrected chi connectivity index (χ3v) is 5.74. The molecule has 0 aliphatic carbocycles. The Morgan fingerprint density at radius 1 is 1.20 bits per heavy atom. The highest BCUT2D eigenvalue weighted by Crippen LogP contribution is 2.30. The smallest absolute Gasteiger partial charge is 0.406 e. The summed E-state index contributed by atoms with van der Waals surface area (Å²) in [5, 5.41) is 7.13. The number of nitrogens with zero attached hydrogens (tertiary/aromatic N) is 2. The number of likely N-dealkylation sites (N-methyl/N-ethyl adjacent to an activating group) is 1. The molecule has 158 valence electrons. The first-order chi connectivity index (χ1) is 14.1. The molecule has 2 heterocycles. The Bertz CT molecular complexity index is 1030. The van der Waals surface area contributed by atoms with Crippen molar-refractivity contribution in [1.29, 1.82) is 0 Å². The highest BCUT2D eigenvalue weighted by Gasteiger charge is 2.31. The van der Waals surface area contributed by atoms with E-state index in [-0.39, 0.29) is 18.1 Å². The molecule has 2 aromatic heterocycles.